The molecule has 6 heteroatoms. The van der Waals surface area contributed by atoms with Crippen LogP contribution < -0.4 is 4.74 Å². The highest BCUT2D eigenvalue weighted by Crippen LogP contribution is 2.30. The lowest BCUT2D eigenvalue weighted by atomic mass is 10.0. The number of hydrogen-bond acceptors (Lipinski definition) is 5. The van der Waals surface area contributed by atoms with Crippen LogP contribution in [0.2, 0.25) is 0 Å². The van der Waals surface area contributed by atoms with Gasteiger partial charge < -0.3 is 4.74 Å². The lowest BCUT2D eigenvalue weighted by Crippen LogP contribution is -2.79. The van der Waals surface area contributed by atoms with Gasteiger partial charge in [-0.2, -0.15) is 0 Å². The molecule has 6 nitrogen and oxygen atoms in total. The second-order valence-corrected chi connectivity index (χ2v) is 7.56. The van der Waals surface area contributed by atoms with Gasteiger partial charge in [0.15, 0.2) is 0 Å². The Bertz CT molecular complexity index is 625. The molecular formula is C17H23N4O2+. The third-order valence-corrected chi connectivity index (χ3v) is 5.41. The number of fused-ring (bicyclic) bond motifs is 1. The van der Waals surface area contributed by atoms with E-state index in [0.717, 1.165) is 75.3 Å². The zero-order valence-electron chi connectivity index (χ0n) is 13.4. The first-order chi connectivity index (χ1) is 11.2. The number of hydrogen-bond donors (Lipinski definition) is 0. The number of nitrogens with zero attached hydrogens (tertiary/aromatic N) is 4. The third kappa shape index (κ3) is 2.37. The monoisotopic (exact) mass is 315 g/mol. The van der Waals surface area contributed by atoms with Crippen molar-refractivity contribution in [3.05, 3.63) is 29.3 Å². The zero-order valence-corrected chi connectivity index (χ0v) is 13.4. The maximum atomic E-state index is 12.9. The van der Waals surface area contributed by atoms with Crippen LogP contribution in [0.1, 0.15) is 22.3 Å². The minimum Gasteiger partial charge on any atom is -0.493 e. The van der Waals surface area contributed by atoms with Crippen molar-refractivity contribution in [1.82, 2.24) is 14.7 Å². The van der Waals surface area contributed by atoms with Crippen LogP contribution in [0.4, 0.5) is 0 Å². The van der Waals surface area contributed by atoms with Crippen LogP contribution in [-0.2, 0) is 6.42 Å². The molecular weight excluding hydrogens is 292 g/mol. The minimum atomic E-state index is 0.268. The van der Waals surface area contributed by atoms with Gasteiger partial charge in [-0.25, -0.2) is 14.7 Å². The quantitative estimate of drug-likeness (QED) is 0.606. The Morgan fingerprint density at radius 3 is 2.48 bits per heavy atom. The average molecular weight is 315 g/mol. The fourth-order valence-electron chi connectivity index (χ4n) is 4.74. The summed E-state index contributed by atoms with van der Waals surface area (Å²) in [5.74, 6) is 1.23. The van der Waals surface area contributed by atoms with Crippen molar-refractivity contribution in [3.63, 3.8) is 0 Å². The summed E-state index contributed by atoms with van der Waals surface area (Å²) in [7, 11) is 0. The summed E-state index contributed by atoms with van der Waals surface area (Å²) in [6.45, 7) is 7.58. The van der Waals surface area contributed by atoms with E-state index >= 15 is 0 Å². The van der Waals surface area contributed by atoms with Crippen molar-refractivity contribution in [2.24, 2.45) is 0 Å². The number of ether oxygens (including phenoxy) is 1. The Morgan fingerprint density at radius 2 is 1.78 bits per heavy atom. The molecule has 0 aromatic heterocycles. The second-order valence-electron chi connectivity index (χ2n) is 7.56. The second kappa shape index (κ2) is 5.01. The number of quaternary nitrogens is 1. The summed E-state index contributed by atoms with van der Waals surface area (Å²) in [5, 5.41) is 0. The Hall–Kier alpha value is -1.47. The van der Waals surface area contributed by atoms with Crippen LogP contribution in [0.15, 0.2) is 18.2 Å². The fraction of sp³-hybridized carbons (Fsp3) is 0.588. The normalized spacial score (nSPS) is 37.3. The molecule has 0 atom stereocenters. The summed E-state index contributed by atoms with van der Waals surface area (Å²) >= 11 is 0. The molecule has 1 aromatic rings. The number of aryl methyl sites for hydroxylation is 1. The fourth-order valence-corrected chi connectivity index (χ4v) is 4.74. The van der Waals surface area contributed by atoms with E-state index in [4.69, 9.17) is 4.74 Å². The van der Waals surface area contributed by atoms with Crippen molar-refractivity contribution in [2.45, 2.75) is 12.8 Å². The van der Waals surface area contributed by atoms with Crippen LogP contribution in [0, 0.1) is 0 Å². The highest BCUT2D eigenvalue weighted by molar-refractivity contribution is 5.97. The van der Waals surface area contributed by atoms with Gasteiger partial charge in [0, 0.05) is 5.56 Å². The number of carbonyl (C=O) groups is 1. The highest BCUT2D eigenvalue weighted by Gasteiger charge is 2.49. The molecule has 0 spiro atoms. The number of ketones is 1. The number of Topliss-reactive ketones (excluding diaryl/α,β-unsaturated/α-hetero) is 1. The van der Waals surface area contributed by atoms with Crippen molar-refractivity contribution in [3.8, 4) is 5.75 Å². The Balaban J connectivity index is 1.37. The van der Waals surface area contributed by atoms with Crippen molar-refractivity contribution in [1.29, 1.82) is 0 Å². The molecule has 0 N–H and O–H groups in total. The smallest absolute Gasteiger partial charge is 0.217 e. The van der Waals surface area contributed by atoms with Gasteiger partial charge in [-0.05, 0) is 36.6 Å². The van der Waals surface area contributed by atoms with E-state index in [9.17, 15) is 4.79 Å². The summed E-state index contributed by atoms with van der Waals surface area (Å²) in [4.78, 5) is 20.2. The van der Waals surface area contributed by atoms with E-state index in [1.807, 2.05) is 12.1 Å². The number of carbonyl (C=O) groups excluding carboxylic acids is 1. The van der Waals surface area contributed by atoms with Gasteiger partial charge in [0.1, 0.15) is 32.3 Å². The topological polar surface area (TPSA) is 36.0 Å². The molecule has 0 radical (unpaired) electrons. The van der Waals surface area contributed by atoms with Crippen LogP contribution in [0.25, 0.3) is 0 Å². The molecule has 4 saturated heterocycles. The number of rotatable bonds is 3. The molecule has 0 unspecified atom stereocenters. The van der Waals surface area contributed by atoms with Crippen molar-refractivity contribution >= 4 is 5.78 Å². The molecule has 4 fully saturated rings. The van der Waals surface area contributed by atoms with Crippen LogP contribution >= 0.6 is 0 Å². The first-order valence-corrected chi connectivity index (χ1v) is 8.50. The van der Waals surface area contributed by atoms with Crippen molar-refractivity contribution in [2.75, 3.05) is 53.2 Å². The number of benzene rings is 1. The molecule has 122 valence electrons. The maximum absolute atomic E-state index is 12.9. The molecule has 5 aliphatic rings. The largest absolute Gasteiger partial charge is 0.493 e. The van der Waals surface area contributed by atoms with Gasteiger partial charge in [-0.15, -0.1) is 0 Å². The minimum absolute atomic E-state index is 0.268. The van der Waals surface area contributed by atoms with Gasteiger partial charge in [0.2, 0.25) is 5.78 Å². The van der Waals surface area contributed by atoms with Crippen LogP contribution in [0.3, 0.4) is 0 Å². The molecule has 23 heavy (non-hydrogen) atoms. The standard InChI is InChI=1S/C17H23N4O2/c22-16(14-3-4-17-15(6-14)2-1-5-23-17)7-21-11-18-8-19(12-21)10-20(9-18)13-21/h3-4,6H,1-2,5,7-13H2/q+1. The van der Waals surface area contributed by atoms with Gasteiger partial charge >= 0.3 is 0 Å². The van der Waals surface area contributed by atoms with Crippen LogP contribution in [-0.4, -0.2) is 78.1 Å². The van der Waals surface area contributed by atoms with Gasteiger partial charge in [-0.3, -0.25) is 9.28 Å². The summed E-state index contributed by atoms with van der Waals surface area (Å²) in [6.07, 6.45) is 2.06. The van der Waals surface area contributed by atoms with E-state index in [2.05, 4.69) is 20.8 Å². The first-order valence-electron chi connectivity index (χ1n) is 8.50. The average Bonchev–Trinajstić information content (AvgIpc) is 2.52. The summed E-state index contributed by atoms with van der Waals surface area (Å²) in [6, 6.07) is 5.98. The zero-order chi connectivity index (χ0) is 15.4. The van der Waals surface area contributed by atoms with E-state index < -0.39 is 0 Å². The van der Waals surface area contributed by atoms with E-state index in [1.54, 1.807) is 0 Å². The Kier molecular flexibility index (Phi) is 3.03. The first kappa shape index (κ1) is 13.9. The van der Waals surface area contributed by atoms with Gasteiger partial charge in [0.25, 0.3) is 0 Å². The molecule has 0 amide bonds. The SMILES string of the molecule is O=C(C[N+]12CN3CN(CN(C3)C1)C2)c1ccc2c(c1)CCCO2. The van der Waals surface area contributed by atoms with Gasteiger partial charge in [0.05, 0.1) is 26.6 Å². The maximum Gasteiger partial charge on any atom is 0.217 e. The molecule has 5 aliphatic heterocycles. The third-order valence-electron chi connectivity index (χ3n) is 5.41. The molecule has 0 aliphatic carbocycles. The van der Waals surface area contributed by atoms with E-state index in [1.165, 1.54) is 5.56 Å². The van der Waals surface area contributed by atoms with E-state index in [0.29, 0.717) is 6.54 Å². The highest BCUT2D eigenvalue weighted by atomic mass is 16.5. The predicted octanol–water partition coefficient (Wildman–Crippen LogP) is 0.703. The Labute approximate surface area is 136 Å². The molecule has 1 aromatic carbocycles. The molecule has 0 saturated carbocycles. The molecule has 6 rings (SSSR count). The predicted molar refractivity (Wildman–Crippen MR) is 84.4 cm³/mol. The molecule has 5 heterocycles. The summed E-state index contributed by atoms with van der Waals surface area (Å²) < 4.78 is 6.52. The van der Waals surface area contributed by atoms with E-state index in [-0.39, 0.29) is 5.78 Å². The van der Waals surface area contributed by atoms with Crippen LogP contribution in [0.5, 0.6) is 5.75 Å². The van der Waals surface area contributed by atoms with Crippen molar-refractivity contribution < 1.29 is 14.0 Å². The lowest BCUT2D eigenvalue weighted by molar-refractivity contribution is -0.973. The summed E-state index contributed by atoms with van der Waals surface area (Å²) in [5.41, 5.74) is 2.04. The Morgan fingerprint density at radius 1 is 1.09 bits per heavy atom. The molecule has 4 bridgehead atoms. The van der Waals surface area contributed by atoms with Gasteiger partial charge in [-0.1, -0.05) is 0 Å². The lowest BCUT2D eigenvalue weighted by Gasteiger charge is -2.60.